The number of benzene rings is 9. The van der Waals surface area contributed by atoms with Gasteiger partial charge in [-0.3, -0.25) is 0 Å². The molecule has 4 heterocycles. The van der Waals surface area contributed by atoms with E-state index in [-0.39, 0.29) is 0 Å². The van der Waals surface area contributed by atoms with Crippen LogP contribution in [-0.4, -0.2) is 23.7 Å². The highest BCUT2D eigenvalue weighted by Gasteiger charge is 2.23. The Morgan fingerprint density at radius 3 is 1.48 bits per heavy atom. The molecule has 5 nitrogen and oxygen atoms in total. The van der Waals surface area contributed by atoms with Crippen LogP contribution in [0.5, 0.6) is 0 Å². The number of fused-ring (bicyclic) bond motifs is 10. The van der Waals surface area contributed by atoms with Crippen molar-refractivity contribution in [3.8, 4) is 51.0 Å². The van der Waals surface area contributed by atoms with E-state index >= 15 is 0 Å². The second kappa shape index (κ2) is 14.0. The molecule has 0 atom stereocenters. The van der Waals surface area contributed by atoms with E-state index in [2.05, 4.69) is 214 Å². The molecule has 13 rings (SSSR count). The molecular weight excluding hydrogens is 767 g/mol. The average Bonchev–Trinajstić information content (AvgIpc) is 4.00. The third kappa shape index (κ3) is 5.50. The van der Waals surface area contributed by atoms with Gasteiger partial charge in [0, 0.05) is 66.1 Å². The van der Waals surface area contributed by atoms with Gasteiger partial charge in [-0.2, -0.15) is 0 Å². The van der Waals surface area contributed by atoms with Gasteiger partial charge in [-0.15, -0.1) is 0 Å². The Balaban J connectivity index is 1.13. The maximum Gasteiger partial charge on any atom is 0.160 e. The average molecular weight is 804 g/mol. The van der Waals surface area contributed by atoms with Gasteiger partial charge < -0.3 is 13.7 Å². The number of para-hydroxylation sites is 4. The molecule has 0 N–H and O–H groups in total. The van der Waals surface area contributed by atoms with Crippen LogP contribution >= 0.6 is 0 Å². The van der Waals surface area contributed by atoms with Crippen LogP contribution in [0.15, 0.2) is 224 Å². The molecule has 0 spiro atoms. The number of nitrogens with zero attached hydrogens (tertiary/aromatic N) is 5. The first-order chi connectivity index (χ1) is 31.3. The van der Waals surface area contributed by atoms with E-state index in [4.69, 9.17) is 9.97 Å². The summed E-state index contributed by atoms with van der Waals surface area (Å²) < 4.78 is 7.31. The van der Waals surface area contributed by atoms with Crippen molar-refractivity contribution in [3.63, 3.8) is 0 Å². The van der Waals surface area contributed by atoms with Crippen molar-refractivity contribution < 1.29 is 0 Å². The topological polar surface area (TPSA) is 40.6 Å². The van der Waals surface area contributed by atoms with Gasteiger partial charge in [-0.05, 0) is 72.8 Å². The molecule has 0 unspecified atom stereocenters. The van der Waals surface area contributed by atoms with Crippen LogP contribution in [0.4, 0.5) is 0 Å². The van der Waals surface area contributed by atoms with Gasteiger partial charge in [0.2, 0.25) is 0 Å². The molecule has 0 aliphatic heterocycles. The number of aromatic nitrogens is 5. The van der Waals surface area contributed by atoms with E-state index in [0.29, 0.717) is 5.82 Å². The molecule has 4 aromatic heterocycles. The third-order valence-corrected chi connectivity index (χ3v) is 12.6. The molecule has 0 fully saturated rings. The van der Waals surface area contributed by atoms with Crippen molar-refractivity contribution in [2.45, 2.75) is 0 Å². The van der Waals surface area contributed by atoms with Crippen molar-refractivity contribution >= 4 is 65.4 Å². The van der Waals surface area contributed by atoms with Gasteiger partial charge >= 0.3 is 0 Å². The summed E-state index contributed by atoms with van der Waals surface area (Å²) in [6.07, 6.45) is 0. The van der Waals surface area contributed by atoms with Crippen molar-refractivity contribution in [1.29, 1.82) is 0 Å². The lowest BCUT2D eigenvalue weighted by molar-refractivity contribution is 1.16. The molecule has 0 saturated heterocycles. The Morgan fingerprint density at radius 2 is 0.778 bits per heavy atom. The summed E-state index contributed by atoms with van der Waals surface area (Å²) in [5, 5.41) is 7.22. The van der Waals surface area contributed by atoms with Gasteiger partial charge in [-0.1, -0.05) is 152 Å². The fourth-order valence-corrected chi connectivity index (χ4v) is 9.86. The van der Waals surface area contributed by atoms with Crippen LogP contribution < -0.4 is 0 Å². The summed E-state index contributed by atoms with van der Waals surface area (Å²) in [5.74, 6) is 0.701. The molecule has 13 aromatic rings. The minimum atomic E-state index is 0.701. The predicted octanol–water partition coefficient (Wildman–Crippen LogP) is 14.8. The van der Waals surface area contributed by atoms with Crippen molar-refractivity contribution in [2.24, 2.45) is 0 Å². The van der Waals surface area contributed by atoms with E-state index in [1.54, 1.807) is 0 Å². The first-order valence-corrected chi connectivity index (χ1v) is 21.4. The highest BCUT2D eigenvalue weighted by Crippen LogP contribution is 2.44. The van der Waals surface area contributed by atoms with Crippen molar-refractivity contribution in [1.82, 2.24) is 23.7 Å². The summed E-state index contributed by atoms with van der Waals surface area (Å²) in [6, 6.07) is 80.3. The normalized spacial score (nSPS) is 11.8. The summed E-state index contributed by atoms with van der Waals surface area (Å²) in [6.45, 7) is 0. The van der Waals surface area contributed by atoms with Crippen LogP contribution in [0.25, 0.3) is 116 Å². The summed E-state index contributed by atoms with van der Waals surface area (Å²) in [4.78, 5) is 10.3. The minimum absolute atomic E-state index is 0.701. The van der Waals surface area contributed by atoms with Crippen LogP contribution in [0, 0.1) is 0 Å². The van der Waals surface area contributed by atoms with Gasteiger partial charge in [0.25, 0.3) is 0 Å². The van der Waals surface area contributed by atoms with Crippen LogP contribution in [0.2, 0.25) is 0 Å². The first-order valence-electron chi connectivity index (χ1n) is 21.4. The number of hydrogen-bond acceptors (Lipinski definition) is 2. The lowest BCUT2D eigenvalue weighted by Gasteiger charge is -2.12. The van der Waals surface area contributed by atoms with Crippen molar-refractivity contribution in [2.75, 3.05) is 0 Å². The Hall–Kier alpha value is -8.54. The van der Waals surface area contributed by atoms with Gasteiger partial charge in [0.05, 0.1) is 44.5 Å². The molecule has 0 aliphatic rings. The monoisotopic (exact) mass is 803 g/mol. The number of rotatable bonds is 6. The Kier molecular flexibility index (Phi) is 7.84. The summed E-state index contributed by atoms with van der Waals surface area (Å²) in [5.41, 5.74) is 15.2. The van der Waals surface area contributed by atoms with E-state index in [1.165, 1.54) is 43.5 Å². The molecular formula is C58H37N5. The molecule has 63 heavy (non-hydrogen) atoms. The number of hydrogen-bond donors (Lipinski definition) is 0. The van der Waals surface area contributed by atoms with Crippen LogP contribution in [0.1, 0.15) is 0 Å². The maximum atomic E-state index is 5.25. The lowest BCUT2D eigenvalue weighted by Crippen LogP contribution is -1.98. The SMILES string of the molecule is c1ccc(-c2cc(-c3ccc4c(c3)c3ccc5c(c6ccccc6n5-c5ccccc5)c3n4-c3ccc4c5ccccc5n(-c5ccccc5)c4c3)nc(-c3ccccc3)n2)cc1. The maximum absolute atomic E-state index is 5.25. The van der Waals surface area contributed by atoms with Gasteiger partial charge in [-0.25, -0.2) is 9.97 Å². The Bertz CT molecular complexity index is 3820. The zero-order chi connectivity index (χ0) is 41.4. The smallest absolute Gasteiger partial charge is 0.160 e. The fourth-order valence-electron chi connectivity index (χ4n) is 9.86. The standard InChI is InChI=1S/C58H37N5/c1-5-17-38(18-6-1)49-37-50(60-58(59-49)39-19-7-2-8-20-39)40-29-33-53-48(35-40)46-32-34-54-56(47-26-14-16-28-52(47)61(54)41-21-9-3-10-22-41)57(46)63(53)43-30-31-45-44-25-13-15-27-51(44)62(55(45)36-43)42-23-11-4-12-24-42/h1-37H. The van der Waals surface area contributed by atoms with E-state index in [1.807, 2.05) is 24.3 Å². The summed E-state index contributed by atoms with van der Waals surface area (Å²) >= 11 is 0. The molecule has 0 amide bonds. The van der Waals surface area contributed by atoms with Gasteiger partial charge in [0.1, 0.15) is 0 Å². The molecule has 0 saturated carbocycles. The van der Waals surface area contributed by atoms with E-state index in [0.717, 1.165) is 67.1 Å². The fraction of sp³-hybridized carbons (Fsp3) is 0. The van der Waals surface area contributed by atoms with Gasteiger partial charge in [0.15, 0.2) is 5.82 Å². The highest BCUT2D eigenvalue weighted by molar-refractivity contribution is 6.26. The minimum Gasteiger partial charge on any atom is -0.309 e. The lowest BCUT2D eigenvalue weighted by atomic mass is 10.0. The van der Waals surface area contributed by atoms with E-state index < -0.39 is 0 Å². The molecule has 0 aliphatic carbocycles. The molecule has 294 valence electrons. The molecule has 0 radical (unpaired) electrons. The zero-order valence-corrected chi connectivity index (χ0v) is 34.1. The largest absolute Gasteiger partial charge is 0.309 e. The first kappa shape index (κ1) is 35.2. The van der Waals surface area contributed by atoms with E-state index in [9.17, 15) is 0 Å². The molecule has 5 heteroatoms. The van der Waals surface area contributed by atoms with Crippen LogP contribution in [0.3, 0.4) is 0 Å². The third-order valence-electron chi connectivity index (χ3n) is 12.6. The highest BCUT2D eigenvalue weighted by atomic mass is 15.0. The Morgan fingerprint density at radius 1 is 0.270 bits per heavy atom. The second-order valence-electron chi connectivity index (χ2n) is 16.2. The second-order valence-corrected chi connectivity index (χ2v) is 16.2. The Labute approximate surface area is 363 Å². The summed E-state index contributed by atoms with van der Waals surface area (Å²) in [7, 11) is 0. The molecule has 0 bridgehead atoms. The zero-order valence-electron chi connectivity index (χ0n) is 34.1. The van der Waals surface area contributed by atoms with Crippen LogP contribution in [-0.2, 0) is 0 Å². The van der Waals surface area contributed by atoms with Crippen molar-refractivity contribution in [3.05, 3.63) is 224 Å². The quantitative estimate of drug-likeness (QED) is 0.168. The predicted molar refractivity (Wildman–Crippen MR) is 261 cm³/mol. The molecule has 9 aromatic carbocycles.